The van der Waals surface area contributed by atoms with E-state index in [0.717, 1.165) is 0 Å². The SMILES string of the molecule is C[C@@H](OC(=O)c1cccc(C#N)c1)C(=O)Nc1ccc(Br)cc1F. The van der Waals surface area contributed by atoms with Gasteiger partial charge in [0.2, 0.25) is 0 Å². The molecule has 1 amide bonds. The molecule has 0 spiro atoms. The van der Waals surface area contributed by atoms with Gasteiger partial charge in [0.05, 0.1) is 22.9 Å². The number of ether oxygens (including phenoxy) is 1. The Labute approximate surface area is 146 Å². The predicted octanol–water partition coefficient (Wildman–Crippen LogP) is 3.64. The summed E-state index contributed by atoms with van der Waals surface area (Å²) in [5, 5.41) is 11.2. The first-order chi connectivity index (χ1) is 11.4. The molecule has 1 N–H and O–H groups in total. The number of carbonyl (C=O) groups excluding carboxylic acids is 2. The van der Waals surface area contributed by atoms with E-state index in [1.54, 1.807) is 12.1 Å². The number of rotatable bonds is 4. The van der Waals surface area contributed by atoms with E-state index < -0.39 is 23.8 Å². The first-order valence-corrected chi connectivity index (χ1v) is 7.67. The molecule has 0 aliphatic carbocycles. The monoisotopic (exact) mass is 390 g/mol. The van der Waals surface area contributed by atoms with E-state index in [1.165, 1.54) is 37.3 Å². The molecular weight excluding hydrogens is 379 g/mol. The Morgan fingerprint density at radius 2 is 2.04 bits per heavy atom. The van der Waals surface area contributed by atoms with Crippen molar-refractivity contribution >= 4 is 33.5 Å². The van der Waals surface area contributed by atoms with Gasteiger partial charge in [0, 0.05) is 4.47 Å². The number of halogens is 2. The minimum absolute atomic E-state index is 0.0161. The van der Waals surface area contributed by atoms with E-state index in [9.17, 15) is 14.0 Å². The largest absolute Gasteiger partial charge is 0.449 e. The van der Waals surface area contributed by atoms with Gasteiger partial charge < -0.3 is 10.1 Å². The van der Waals surface area contributed by atoms with Gasteiger partial charge in [-0.15, -0.1) is 0 Å². The fraction of sp³-hybridized carbons (Fsp3) is 0.118. The molecule has 0 fully saturated rings. The third kappa shape index (κ3) is 4.40. The highest BCUT2D eigenvalue weighted by molar-refractivity contribution is 9.10. The van der Waals surface area contributed by atoms with E-state index in [-0.39, 0.29) is 11.3 Å². The van der Waals surface area contributed by atoms with Gasteiger partial charge >= 0.3 is 5.97 Å². The zero-order valence-electron chi connectivity index (χ0n) is 12.5. The van der Waals surface area contributed by atoms with Crippen LogP contribution in [0, 0.1) is 17.1 Å². The molecule has 24 heavy (non-hydrogen) atoms. The normalized spacial score (nSPS) is 11.2. The van der Waals surface area contributed by atoms with Crippen molar-refractivity contribution in [2.45, 2.75) is 13.0 Å². The number of amides is 1. The van der Waals surface area contributed by atoms with E-state index in [1.807, 2.05) is 6.07 Å². The van der Waals surface area contributed by atoms with E-state index in [2.05, 4.69) is 21.2 Å². The van der Waals surface area contributed by atoms with Crippen molar-refractivity contribution in [2.75, 3.05) is 5.32 Å². The number of hydrogen-bond acceptors (Lipinski definition) is 4. The predicted molar refractivity (Wildman–Crippen MR) is 88.8 cm³/mol. The zero-order valence-corrected chi connectivity index (χ0v) is 14.1. The minimum Gasteiger partial charge on any atom is -0.449 e. The van der Waals surface area contributed by atoms with Gasteiger partial charge in [-0.05, 0) is 43.3 Å². The summed E-state index contributed by atoms with van der Waals surface area (Å²) >= 11 is 3.12. The summed E-state index contributed by atoms with van der Waals surface area (Å²) in [5.74, 6) is -2.02. The zero-order chi connectivity index (χ0) is 17.7. The number of nitrogens with zero attached hydrogens (tertiary/aromatic N) is 1. The van der Waals surface area contributed by atoms with Gasteiger partial charge in [-0.25, -0.2) is 9.18 Å². The molecule has 2 aromatic rings. The van der Waals surface area contributed by atoms with Crippen LogP contribution in [0.15, 0.2) is 46.9 Å². The summed E-state index contributed by atoms with van der Waals surface area (Å²) < 4.78 is 19.3. The molecule has 2 aromatic carbocycles. The summed E-state index contributed by atoms with van der Waals surface area (Å²) in [5.41, 5.74) is 0.444. The average molecular weight is 391 g/mol. The Balaban J connectivity index is 2.03. The standard InChI is InChI=1S/C17H12BrFN2O3/c1-10(16(22)21-15-6-5-13(18)8-14(15)19)24-17(23)12-4-2-3-11(7-12)9-20/h2-8,10H,1H3,(H,21,22)/t10-/m1/s1. The lowest BCUT2D eigenvalue weighted by atomic mass is 10.1. The minimum atomic E-state index is -1.13. The Morgan fingerprint density at radius 3 is 2.71 bits per heavy atom. The highest BCUT2D eigenvalue weighted by Gasteiger charge is 2.20. The van der Waals surface area contributed by atoms with Gasteiger partial charge in [-0.3, -0.25) is 4.79 Å². The molecule has 0 unspecified atom stereocenters. The lowest BCUT2D eigenvalue weighted by Crippen LogP contribution is -2.30. The number of carbonyl (C=O) groups is 2. The number of esters is 1. The molecule has 122 valence electrons. The number of nitrogens with one attached hydrogen (secondary N) is 1. The van der Waals surface area contributed by atoms with E-state index in [0.29, 0.717) is 10.0 Å². The molecule has 0 aromatic heterocycles. The molecule has 0 aliphatic rings. The molecule has 0 bridgehead atoms. The fourth-order valence-electron chi connectivity index (χ4n) is 1.82. The Hall–Kier alpha value is -2.72. The maximum atomic E-state index is 13.7. The molecule has 1 atom stereocenters. The first-order valence-electron chi connectivity index (χ1n) is 6.88. The second-order valence-corrected chi connectivity index (χ2v) is 5.77. The second kappa shape index (κ2) is 7.70. The lowest BCUT2D eigenvalue weighted by Gasteiger charge is -2.14. The summed E-state index contributed by atoms with van der Waals surface area (Å²) in [4.78, 5) is 24.0. The molecule has 0 aliphatic heterocycles. The molecule has 0 saturated heterocycles. The summed E-state index contributed by atoms with van der Waals surface area (Å²) in [6, 6.07) is 12.0. The van der Waals surface area contributed by atoms with Crippen LogP contribution in [0.1, 0.15) is 22.8 Å². The van der Waals surface area contributed by atoms with Gasteiger partial charge in [-0.1, -0.05) is 22.0 Å². The van der Waals surface area contributed by atoms with Crippen LogP contribution < -0.4 is 5.32 Å². The van der Waals surface area contributed by atoms with Crippen LogP contribution in [0.3, 0.4) is 0 Å². The molecule has 0 radical (unpaired) electrons. The van der Waals surface area contributed by atoms with Crippen LogP contribution in [0.25, 0.3) is 0 Å². The highest BCUT2D eigenvalue weighted by atomic mass is 79.9. The Bertz CT molecular complexity index is 833. The van der Waals surface area contributed by atoms with Crippen LogP contribution in [0.2, 0.25) is 0 Å². The fourth-order valence-corrected chi connectivity index (χ4v) is 2.16. The lowest BCUT2D eigenvalue weighted by molar-refractivity contribution is -0.123. The molecular formula is C17H12BrFN2O3. The van der Waals surface area contributed by atoms with Crippen molar-refractivity contribution in [1.82, 2.24) is 0 Å². The molecule has 0 saturated carbocycles. The van der Waals surface area contributed by atoms with Crippen LogP contribution >= 0.6 is 15.9 Å². The number of benzene rings is 2. The van der Waals surface area contributed by atoms with Crippen LogP contribution in [-0.2, 0) is 9.53 Å². The van der Waals surface area contributed by atoms with Crippen molar-refractivity contribution in [2.24, 2.45) is 0 Å². The maximum absolute atomic E-state index is 13.7. The number of hydrogen-bond donors (Lipinski definition) is 1. The van der Waals surface area contributed by atoms with Gasteiger partial charge in [-0.2, -0.15) is 5.26 Å². The topological polar surface area (TPSA) is 79.2 Å². The van der Waals surface area contributed by atoms with Crippen molar-refractivity contribution < 1.29 is 18.7 Å². The third-order valence-corrected chi connectivity index (χ3v) is 3.56. The summed E-state index contributed by atoms with van der Waals surface area (Å²) in [6.45, 7) is 1.37. The van der Waals surface area contributed by atoms with Crippen LogP contribution in [-0.4, -0.2) is 18.0 Å². The van der Waals surface area contributed by atoms with Crippen molar-refractivity contribution in [3.05, 3.63) is 63.9 Å². The number of anilines is 1. The Kier molecular flexibility index (Phi) is 5.66. The van der Waals surface area contributed by atoms with E-state index in [4.69, 9.17) is 10.00 Å². The van der Waals surface area contributed by atoms with Crippen molar-refractivity contribution in [3.8, 4) is 6.07 Å². The molecule has 7 heteroatoms. The second-order valence-electron chi connectivity index (χ2n) is 4.85. The van der Waals surface area contributed by atoms with Crippen LogP contribution in [0.4, 0.5) is 10.1 Å². The highest BCUT2D eigenvalue weighted by Crippen LogP contribution is 2.19. The van der Waals surface area contributed by atoms with Gasteiger partial charge in [0.1, 0.15) is 5.82 Å². The van der Waals surface area contributed by atoms with E-state index >= 15 is 0 Å². The van der Waals surface area contributed by atoms with Crippen LogP contribution in [0.5, 0.6) is 0 Å². The molecule has 2 rings (SSSR count). The van der Waals surface area contributed by atoms with Gasteiger partial charge in [0.15, 0.2) is 6.10 Å². The maximum Gasteiger partial charge on any atom is 0.338 e. The van der Waals surface area contributed by atoms with Gasteiger partial charge in [0.25, 0.3) is 5.91 Å². The molecule has 0 heterocycles. The third-order valence-electron chi connectivity index (χ3n) is 3.07. The Morgan fingerprint density at radius 1 is 1.29 bits per heavy atom. The summed E-state index contributed by atoms with van der Waals surface area (Å²) in [6.07, 6.45) is -1.13. The average Bonchev–Trinajstić information content (AvgIpc) is 2.57. The van der Waals surface area contributed by atoms with Crippen molar-refractivity contribution in [1.29, 1.82) is 5.26 Å². The molecule has 5 nitrogen and oxygen atoms in total. The smallest absolute Gasteiger partial charge is 0.338 e. The summed E-state index contributed by atoms with van der Waals surface area (Å²) in [7, 11) is 0. The first kappa shape index (κ1) is 17.6. The quantitative estimate of drug-likeness (QED) is 0.808. The number of nitriles is 1. The van der Waals surface area contributed by atoms with Crippen molar-refractivity contribution in [3.63, 3.8) is 0 Å².